The van der Waals surface area contributed by atoms with Crippen molar-refractivity contribution >= 4 is 25.7 Å². The molecule has 4 N–H and O–H groups in total. The lowest BCUT2D eigenvalue weighted by Gasteiger charge is -2.20. The molecule has 0 aromatic carbocycles. The molecule has 0 aromatic heterocycles. The van der Waals surface area contributed by atoms with Crippen molar-refractivity contribution < 1.29 is 47.5 Å². The van der Waals surface area contributed by atoms with Crippen LogP contribution in [0.4, 0.5) is 0 Å². The highest BCUT2D eigenvalue weighted by atomic mass is 31.2. The number of phosphoric ester groups is 1. The van der Waals surface area contributed by atoms with Gasteiger partial charge in [-0.3, -0.25) is 23.4 Å². The van der Waals surface area contributed by atoms with Gasteiger partial charge in [0.2, 0.25) is 0 Å². The van der Waals surface area contributed by atoms with E-state index in [-0.39, 0.29) is 12.8 Å². The van der Waals surface area contributed by atoms with Crippen molar-refractivity contribution in [1.29, 1.82) is 0 Å². The van der Waals surface area contributed by atoms with Crippen LogP contribution in [-0.4, -0.2) is 59.9 Å². The average molecular weight is 886 g/mol. The Morgan fingerprint density at radius 2 is 0.887 bits per heavy atom. The van der Waals surface area contributed by atoms with Crippen LogP contribution >= 0.6 is 7.82 Å². The standard InChI is InChI=1S/C50H80NO10P/c1-3-5-7-9-11-13-15-17-19-21-23-25-27-29-31-33-35-37-39-41-48(52)58-43-46(44-59-62(56,57)60-45-47(51)50(54)55)61-49(53)42-40-38-36-34-32-30-28-26-24-22-20-18-16-14-12-10-8-6-4-2/h11-14,17-20,23-26,29-32,35,37,46-47H,3-10,15-16,21-22,27-28,33-34,36,38-45,51H2,1-2H3,(H,54,55)(H,56,57)/b13-11+,14-12+,19-17+,20-18+,25-23+,26-24+,31-29+,32-30+,37-35+/t46-,47+/m1/s1. The third-order valence-electron chi connectivity index (χ3n) is 9.01. The molecule has 12 heteroatoms. The van der Waals surface area contributed by atoms with Crippen molar-refractivity contribution in [2.45, 2.75) is 167 Å². The van der Waals surface area contributed by atoms with Gasteiger partial charge >= 0.3 is 25.7 Å². The number of nitrogens with two attached hydrogens (primary N) is 1. The molecule has 0 fully saturated rings. The van der Waals surface area contributed by atoms with Crippen molar-refractivity contribution in [1.82, 2.24) is 0 Å². The number of carboxylic acids is 1. The molecule has 0 aliphatic carbocycles. The van der Waals surface area contributed by atoms with Gasteiger partial charge < -0.3 is 25.2 Å². The Kier molecular flexibility index (Phi) is 41.0. The number of carboxylic acid groups (broad SMARTS) is 1. The second-order valence-electron chi connectivity index (χ2n) is 14.8. The summed E-state index contributed by atoms with van der Waals surface area (Å²) in [5, 5.41) is 8.90. The van der Waals surface area contributed by atoms with Crippen LogP contribution in [0.3, 0.4) is 0 Å². The number of carbonyl (C=O) groups is 3. The smallest absolute Gasteiger partial charge is 0.472 e. The minimum absolute atomic E-state index is 0.0841. The highest BCUT2D eigenvalue weighted by Crippen LogP contribution is 2.43. The molecule has 0 aliphatic heterocycles. The monoisotopic (exact) mass is 886 g/mol. The number of phosphoric acid groups is 1. The first-order valence-corrected chi connectivity index (χ1v) is 24.4. The van der Waals surface area contributed by atoms with E-state index < -0.39 is 57.7 Å². The minimum atomic E-state index is -4.75. The van der Waals surface area contributed by atoms with E-state index in [0.29, 0.717) is 12.8 Å². The number of aliphatic carboxylic acids is 1. The van der Waals surface area contributed by atoms with E-state index in [0.717, 1.165) is 77.0 Å². The van der Waals surface area contributed by atoms with Crippen LogP contribution in [0.2, 0.25) is 0 Å². The van der Waals surface area contributed by atoms with Crippen molar-refractivity contribution in [2.75, 3.05) is 19.8 Å². The average Bonchev–Trinajstić information content (AvgIpc) is 3.25. The van der Waals surface area contributed by atoms with Gasteiger partial charge in [-0.05, 0) is 96.3 Å². The molecule has 3 atom stereocenters. The second-order valence-corrected chi connectivity index (χ2v) is 16.3. The Balaban J connectivity index is 4.55. The molecule has 1 unspecified atom stereocenters. The van der Waals surface area contributed by atoms with Crippen LogP contribution in [0.25, 0.3) is 0 Å². The molecule has 0 saturated carbocycles. The van der Waals surface area contributed by atoms with E-state index in [1.54, 1.807) is 0 Å². The molecule has 0 saturated heterocycles. The van der Waals surface area contributed by atoms with E-state index in [4.69, 9.17) is 24.8 Å². The molecule has 0 rings (SSSR count). The van der Waals surface area contributed by atoms with E-state index >= 15 is 0 Å². The van der Waals surface area contributed by atoms with Crippen LogP contribution in [-0.2, 0) is 37.5 Å². The third kappa shape index (κ3) is 42.8. The Labute approximate surface area is 374 Å². The number of allylic oxidation sites excluding steroid dienone is 18. The quantitative estimate of drug-likeness (QED) is 0.0231. The molecule has 0 radical (unpaired) electrons. The Morgan fingerprint density at radius 3 is 1.31 bits per heavy atom. The Hall–Kier alpha value is -3.86. The number of carbonyl (C=O) groups excluding carboxylic acids is 2. The number of hydrogen-bond acceptors (Lipinski definition) is 9. The second kappa shape index (κ2) is 43.8. The lowest BCUT2D eigenvalue weighted by molar-refractivity contribution is -0.161. The molecule has 0 heterocycles. The maximum atomic E-state index is 12.6. The summed E-state index contributed by atoms with van der Waals surface area (Å²) >= 11 is 0. The zero-order valence-electron chi connectivity index (χ0n) is 37.9. The van der Waals surface area contributed by atoms with Gasteiger partial charge in [0.25, 0.3) is 0 Å². The zero-order chi connectivity index (χ0) is 45.6. The fourth-order valence-corrected chi connectivity index (χ4v) is 6.16. The first-order chi connectivity index (χ1) is 30.1. The lowest BCUT2D eigenvalue weighted by Crippen LogP contribution is -2.34. The molecule has 0 amide bonds. The molecule has 0 aromatic rings. The van der Waals surface area contributed by atoms with Gasteiger partial charge in [0.15, 0.2) is 6.10 Å². The lowest BCUT2D eigenvalue weighted by atomic mass is 10.1. The highest BCUT2D eigenvalue weighted by molar-refractivity contribution is 7.47. The summed E-state index contributed by atoms with van der Waals surface area (Å²) in [4.78, 5) is 46.0. The summed E-state index contributed by atoms with van der Waals surface area (Å²) < 4.78 is 32.6. The minimum Gasteiger partial charge on any atom is -0.480 e. The van der Waals surface area contributed by atoms with E-state index in [9.17, 15) is 23.8 Å². The van der Waals surface area contributed by atoms with Gasteiger partial charge in [-0.2, -0.15) is 0 Å². The predicted octanol–water partition coefficient (Wildman–Crippen LogP) is 12.6. The topological polar surface area (TPSA) is 172 Å². The Bertz CT molecular complexity index is 1460. The molecular formula is C50H80NO10P. The number of ether oxygens (including phenoxy) is 2. The molecular weight excluding hydrogens is 806 g/mol. The van der Waals surface area contributed by atoms with Gasteiger partial charge in [-0.1, -0.05) is 155 Å². The third-order valence-corrected chi connectivity index (χ3v) is 9.96. The Morgan fingerprint density at radius 1 is 0.500 bits per heavy atom. The summed E-state index contributed by atoms with van der Waals surface area (Å²) in [5.74, 6) is -2.54. The van der Waals surface area contributed by atoms with E-state index in [1.165, 1.54) is 38.5 Å². The first-order valence-electron chi connectivity index (χ1n) is 22.9. The van der Waals surface area contributed by atoms with Gasteiger partial charge in [-0.15, -0.1) is 0 Å². The van der Waals surface area contributed by atoms with Crippen molar-refractivity contribution in [3.63, 3.8) is 0 Å². The zero-order valence-corrected chi connectivity index (χ0v) is 38.8. The van der Waals surface area contributed by atoms with Crippen LogP contribution in [0, 0.1) is 0 Å². The van der Waals surface area contributed by atoms with E-state index in [1.807, 2.05) is 12.2 Å². The van der Waals surface area contributed by atoms with Crippen LogP contribution in [0.5, 0.6) is 0 Å². The molecule has 0 bridgehead atoms. The molecule has 0 spiro atoms. The van der Waals surface area contributed by atoms with Gasteiger partial charge in [-0.25, -0.2) is 4.57 Å². The molecule has 350 valence electrons. The fraction of sp³-hybridized carbons (Fsp3) is 0.580. The van der Waals surface area contributed by atoms with Crippen LogP contribution in [0.1, 0.15) is 155 Å². The summed E-state index contributed by atoms with van der Waals surface area (Å²) in [6.07, 6.45) is 57.3. The van der Waals surface area contributed by atoms with Gasteiger partial charge in [0, 0.05) is 12.8 Å². The maximum absolute atomic E-state index is 12.6. The van der Waals surface area contributed by atoms with Gasteiger partial charge in [0.05, 0.1) is 13.2 Å². The molecule has 0 aliphatic rings. The maximum Gasteiger partial charge on any atom is 0.472 e. The largest absolute Gasteiger partial charge is 0.480 e. The summed E-state index contributed by atoms with van der Waals surface area (Å²) in [6.45, 7) is 2.62. The fourth-order valence-electron chi connectivity index (χ4n) is 5.38. The SMILES string of the molecule is CCCCC/C=C/C/C=C/C/C=C/C/C=C/C/C=C/CCC(=O)OC[C@H](COP(=O)(O)OC[C@H](N)C(=O)O)OC(=O)CCCCC/C=C/C/C=C/C/C=C/C/C=C/CCCCC. The molecule has 62 heavy (non-hydrogen) atoms. The van der Waals surface area contributed by atoms with Crippen LogP contribution in [0.15, 0.2) is 109 Å². The summed E-state index contributed by atoms with van der Waals surface area (Å²) in [6, 6.07) is -1.54. The van der Waals surface area contributed by atoms with Crippen LogP contribution < -0.4 is 5.73 Å². The summed E-state index contributed by atoms with van der Waals surface area (Å²) in [7, 11) is -4.75. The number of hydrogen-bond donors (Lipinski definition) is 3. The highest BCUT2D eigenvalue weighted by Gasteiger charge is 2.28. The number of rotatable bonds is 41. The van der Waals surface area contributed by atoms with Gasteiger partial charge in [0.1, 0.15) is 12.6 Å². The normalized spacial score (nSPS) is 14.6. The van der Waals surface area contributed by atoms with Crippen molar-refractivity contribution in [3.8, 4) is 0 Å². The predicted molar refractivity (Wildman–Crippen MR) is 253 cm³/mol. The van der Waals surface area contributed by atoms with Crippen molar-refractivity contribution in [3.05, 3.63) is 109 Å². The van der Waals surface area contributed by atoms with E-state index in [2.05, 4.69) is 116 Å². The summed E-state index contributed by atoms with van der Waals surface area (Å²) in [5.41, 5.74) is 5.33. The number of esters is 2. The molecule has 11 nitrogen and oxygen atoms in total. The van der Waals surface area contributed by atoms with Crippen molar-refractivity contribution in [2.24, 2.45) is 5.73 Å². The number of unbranched alkanes of at least 4 members (excludes halogenated alkanes) is 9. The first kappa shape index (κ1) is 58.1.